The Morgan fingerprint density at radius 1 is 1.14 bits per heavy atom. The maximum Gasteiger partial charge on any atom is 0.336 e. The number of carboxylic acids is 1. The van der Waals surface area contributed by atoms with Crippen LogP contribution in [0.15, 0.2) is 53.1 Å². The molecule has 0 fully saturated rings. The number of para-hydroxylation sites is 2. The maximum absolute atomic E-state index is 11.1. The van der Waals surface area contributed by atoms with Gasteiger partial charge in [0.05, 0.1) is 22.8 Å². The summed E-state index contributed by atoms with van der Waals surface area (Å²) in [6.07, 6.45) is 1.62. The Morgan fingerprint density at radius 2 is 1.90 bits per heavy atom. The van der Waals surface area contributed by atoms with Gasteiger partial charge in [-0.3, -0.25) is 4.98 Å². The van der Waals surface area contributed by atoms with Gasteiger partial charge in [-0.1, -0.05) is 12.1 Å². The Morgan fingerprint density at radius 3 is 2.67 bits per heavy atom. The summed E-state index contributed by atoms with van der Waals surface area (Å²) in [5, 5.41) is 12.2. The zero-order chi connectivity index (χ0) is 14.8. The van der Waals surface area contributed by atoms with Crippen LogP contribution in [0.1, 0.15) is 10.4 Å². The molecule has 1 heterocycles. The fraction of sp³-hybridized carbons (Fsp3) is 0. The summed E-state index contributed by atoms with van der Waals surface area (Å²) >= 11 is 3.21. The minimum atomic E-state index is -0.991. The molecule has 21 heavy (non-hydrogen) atoms. The Labute approximate surface area is 128 Å². The van der Waals surface area contributed by atoms with Crippen molar-refractivity contribution in [2.75, 3.05) is 5.32 Å². The molecular formula is C15H10BrN3O2. The van der Waals surface area contributed by atoms with Crippen LogP contribution in [0, 0.1) is 0 Å². The fourth-order valence-electron chi connectivity index (χ4n) is 1.93. The molecular weight excluding hydrogens is 334 g/mol. The molecule has 0 spiro atoms. The molecule has 3 rings (SSSR count). The minimum absolute atomic E-state index is 0.189. The van der Waals surface area contributed by atoms with E-state index in [1.807, 2.05) is 24.3 Å². The number of aromatic nitrogens is 2. The van der Waals surface area contributed by atoms with Crippen molar-refractivity contribution in [3.8, 4) is 0 Å². The van der Waals surface area contributed by atoms with Crippen molar-refractivity contribution in [1.82, 2.24) is 9.97 Å². The average molecular weight is 344 g/mol. The van der Waals surface area contributed by atoms with Crippen molar-refractivity contribution >= 4 is 44.4 Å². The quantitative estimate of drug-likeness (QED) is 0.755. The SMILES string of the molecule is O=C(O)c1cc(Nc2cnc3ccccc3n2)ccc1Br. The van der Waals surface area contributed by atoms with E-state index in [2.05, 4.69) is 31.2 Å². The van der Waals surface area contributed by atoms with Crippen LogP contribution >= 0.6 is 15.9 Å². The lowest BCUT2D eigenvalue weighted by atomic mass is 10.2. The van der Waals surface area contributed by atoms with Crippen molar-refractivity contribution < 1.29 is 9.90 Å². The number of nitrogens with one attached hydrogen (secondary N) is 1. The van der Waals surface area contributed by atoms with E-state index in [1.165, 1.54) is 0 Å². The number of hydrogen-bond donors (Lipinski definition) is 2. The van der Waals surface area contributed by atoms with Gasteiger partial charge < -0.3 is 10.4 Å². The first-order valence-electron chi connectivity index (χ1n) is 6.15. The summed E-state index contributed by atoms with van der Waals surface area (Å²) in [5.41, 5.74) is 2.41. The highest BCUT2D eigenvalue weighted by molar-refractivity contribution is 9.10. The number of fused-ring (bicyclic) bond motifs is 1. The van der Waals surface area contributed by atoms with Crippen LogP contribution in [-0.4, -0.2) is 21.0 Å². The Bertz CT molecular complexity index is 836. The van der Waals surface area contributed by atoms with Gasteiger partial charge >= 0.3 is 5.97 Å². The van der Waals surface area contributed by atoms with E-state index < -0.39 is 5.97 Å². The summed E-state index contributed by atoms with van der Waals surface area (Å²) in [6, 6.07) is 12.5. The number of benzene rings is 2. The molecule has 0 radical (unpaired) electrons. The molecule has 0 aliphatic heterocycles. The molecule has 0 aliphatic rings. The molecule has 0 saturated carbocycles. The van der Waals surface area contributed by atoms with Gasteiger partial charge in [0.15, 0.2) is 0 Å². The molecule has 0 aliphatic carbocycles. The number of rotatable bonds is 3. The maximum atomic E-state index is 11.1. The third-order valence-corrected chi connectivity index (χ3v) is 3.61. The molecule has 0 amide bonds. The van der Waals surface area contributed by atoms with Crippen LogP contribution in [-0.2, 0) is 0 Å². The minimum Gasteiger partial charge on any atom is -0.478 e. The molecule has 3 aromatic rings. The van der Waals surface area contributed by atoms with Crippen molar-refractivity contribution in [2.45, 2.75) is 0 Å². The van der Waals surface area contributed by atoms with E-state index in [0.717, 1.165) is 11.0 Å². The number of aromatic carboxylic acids is 1. The zero-order valence-electron chi connectivity index (χ0n) is 10.7. The fourth-order valence-corrected chi connectivity index (χ4v) is 2.35. The van der Waals surface area contributed by atoms with E-state index in [1.54, 1.807) is 24.4 Å². The molecule has 0 bridgehead atoms. The van der Waals surface area contributed by atoms with E-state index >= 15 is 0 Å². The standard InChI is InChI=1S/C15H10BrN3O2/c16-11-6-5-9(7-10(11)15(20)21)18-14-8-17-12-3-1-2-4-13(12)19-14/h1-8H,(H,18,19)(H,20,21). The molecule has 0 atom stereocenters. The smallest absolute Gasteiger partial charge is 0.336 e. The Balaban J connectivity index is 1.94. The molecule has 1 aromatic heterocycles. The lowest BCUT2D eigenvalue weighted by Crippen LogP contribution is -2.00. The first-order chi connectivity index (χ1) is 10.1. The van der Waals surface area contributed by atoms with Crippen LogP contribution < -0.4 is 5.32 Å². The molecule has 0 saturated heterocycles. The zero-order valence-corrected chi connectivity index (χ0v) is 12.3. The summed E-state index contributed by atoms with van der Waals surface area (Å²) in [7, 11) is 0. The van der Waals surface area contributed by atoms with Gasteiger partial charge in [-0.05, 0) is 46.3 Å². The summed E-state index contributed by atoms with van der Waals surface area (Å²) in [4.78, 5) is 19.9. The lowest BCUT2D eigenvalue weighted by Gasteiger charge is -2.08. The van der Waals surface area contributed by atoms with Crippen LogP contribution in [0.5, 0.6) is 0 Å². The highest BCUT2D eigenvalue weighted by Crippen LogP contribution is 2.23. The van der Waals surface area contributed by atoms with Gasteiger partial charge in [-0.2, -0.15) is 0 Å². The predicted octanol–water partition coefficient (Wildman–Crippen LogP) is 3.83. The van der Waals surface area contributed by atoms with Gasteiger partial charge in [0.25, 0.3) is 0 Å². The third-order valence-electron chi connectivity index (χ3n) is 2.92. The Hall–Kier alpha value is -2.47. The van der Waals surface area contributed by atoms with Crippen molar-refractivity contribution in [3.05, 3.63) is 58.7 Å². The number of carboxylic acid groups (broad SMARTS) is 1. The van der Waals surface area contributed by atoms with E-state index in [-0.39, 0.29) is 5.56 Å². The average Bonchev–Trinajstić information content (AvgIpc) is 2.49. The first-order valence-corrected chi connectivity index (χ1v) is 6.94. The normalized spacial score (nSPS) is 10.5. The molecule has 6 heteroatoms. The van der Waals surface area contributed by atoms with Gasteiger partial charge in [-0.15, -0.1) is 0 Å². The second kappa shape index (κ2) is 5.49. The largest absolute Gasteiger partial charge is 0.478 e. The molecule has 2 N–H and O–H groups in total. The van der Waals surface area contributed by atoms with Crippen LogP contribution in [0.25, 0.3) is 11.0 Å². The number of anilines is 2. The highest BCUT2D eigenvalue weighted by atomic mass is 79.9. The predicted molar refractivity (Wildman–Crippen MR) is 83.9 cm³/mol. The van der Waals surface area contributed by atoms with Gasteiger partial charge in [-0.25, -0.2) is 9.78 Å². The van der Waals surface area contributed by atoms with E-state index in [9.17, 15) is 4.79 Å². The molecule has 0 unspecified atom stereocenters. The van der Waals surface area contributed by atoms with Crippen molar-refractivity contribution in [2.24, 2.45) is 0 Å². The number of carbonyl (C=O) groups is 1. The number of halogens is 1. The van der Waals surface area contributed by atoms with E-state index in [4.69, 9.17) is 5.11 Å². The molecule has 104 valence electrons. The second-order valence-corrected chi connectivity index (χ2v) is 5.22. The highest BCUT2D eigenvalue weighted by Gasteiger charge is 2.09. The third kappa shape index (κ3) is 2.85. The van der Waals surface area contributed by atoms with Crippen LogP contribution in [0.3, 0.4) is 0 Å². The number of hydrogen-bond acceptors (Lipinski definition) is 4. The molecule has 2 aromatic carbocycles. The summed E-state index contributed by atoms with van der Waals surface area (Å²) < 4.78 is 0.533. The second-order valence-electron chi connectivity index (χ2n) is 4.37. The molecule has 5 nitrogen and oxygen atoms in total. The number of nitrogens with zero attached hydrogens (tertiary/aromatic N) is 2. The van der Waals surface area contributed by atoms with Crippen molar-refractivity contribution in [3.63, 3.8) is 0 Å². The summed E-state index contributed by atoms with van der Waals surface area (Å²) in [5.74, 6) is -0.428. The van der Waals surface area contributed by atoms with Crippen LogP contribution in [0.2, 0.25) is 0 Å². The Kier molecular flexibility index (Phi) is 3.53. The van der Waals surface area contributed by atoms with Crippen LogP contribution in [0.4, 0.5) is 11.5 Å². The summed E-state index contributed by atoms with van der Waals surface area (Å²) in [6.45, 7) is 0. The van der Waals surface area contributed by atoms with Crippen molar-refractivity contribution in [1.29, 1.82) is 0 Å². The topological polar surface area (TPSA) is 75.1 Å². The lowest BCUT2D eigenvalue weighted by molar-refractivity contribution is 0.0696. The van der Waals surface area contributed by atoms with Gasteiger partial charge in [0.2, 0.25) is 0 Å². The monoisotopic (exact) mass is 343 g/mol. The van der Waals surface area contributed by atoms with E-state index in [0.29, 0.717) is 16.0 Å². The van der Waals surface area contributed by atoms with Gasteiger partial charge in [0.1, 0.15) is 5.82 Å². The van der Waals surface area contributed by atoms with Gasteiger partial charge in [0, 0.05) is 10.2 Å². The first kappa shape index (κ1) is 13.5.